The molecule has 0 radical (unpaired) electrons. The summed E-state index contributed by atoms with van der Waals surface area (Å²) in [4.78, 5) is 11.9. The number of carbonyl (C=O) groups is 1. The van der Waals surface area contributed by atoms with Gasteiger partial charge in [-0.3, -0.25) is 4.79 Å². The highest BCUT2D eigenvalue weighted by Gasteiger charge is 2.09. The van der Waals surface area contributed by atoms with Crippen molar-refractivity contribution in [3.05, 3.63) is 53.8 Å². The number of benzene rings is 2. The first-order valence-corrected chi connectivity index (χ1v) is 5.28. The molecule has 0 fully saturated rings. The second-order valence-electron chi connectivity index (χ2n) is 3.81. The van der Waals surface area contributed by atoms with E-state index in [1.54, 1.807) is 12.1 Å². The van der Waals surface area contributed by atoms with Crippen LogP contribution in [0.25, 0.3) is 0 Å². The first kappa shape index (κ1) is 11.9. The third-order valence-electron chi connectivity index (χ3n) is 2.42. The van der Waals surface area contributed by atoms with Gasteiger partial charge in [-0.25, -0.2) is 4.39 Å². The van der Waals surface area contributed by atoms with Crippen molar-refractivity contribution in [1.82, 2.24) is 0 Å². The van der Waals surface area contributed by atoms with Gasteiger partial charge >= 0.3 is 0 Å². The molecule has 2 aromatic carbocycles. The maximum atomic E-state index is 12.7. The number of hydrogen-bond donors (Lipinski definition) is 3. The van der Waals surface area contributed by atoms with Crippen LogP contribution in [0.5, 0.6) is 0 Å². The fourth-order valence-corrected chi connectivity index (χ4v) is 1.52. The zero-order chi connectivity index (χ0) is 13.1. The highest BCUT2D eigenvalue weighted by atomic mass is 19.1. The minimum absolute atomic E-state index is 0.301. The monoisotopic (exact) mass is 245 g/mol. The summed E-state index contributed by atoms with van der Waals surface area (Å²) in [5, 5.41) is 2.62. The molecule has 5 N–H and O–H groups in total. The first-order valence-electron chi connectivity index (χ1n) is 5.28. The van der Waals surface area contributed by atoms with Crippen LogP contribution < -0.4 is 16.8 Å². The molecule has 18 heavy (non-hydrogen) atoms. The molecule has 1 amide bonds. The Morgan fingerprint density at radius 2 is 1.72 bits per heavy atom. The second kappa shape index (κ2) is 4.75. The molecule has 0 aromatic heterocycles. The Morgan fingerprint density at radius 1 is 1.06 bits per heavy atom. The Bertz CT molecular complexity index is 581. The minimum Gasteiger partial charge on any atom is -0.399 e. The van der Waals surface area contributed by atoms with Gasteiger partial charge in [-0.1, -0.05) is 0 Å². The molecule has 0 heterocycles. The Hall–Kier alpha value is -2.56. The van der Waals surface area contributed by atoms with Gasteiger partial charge < -0.3 is 16.8 Å². The van der Waals surface area contributed by atoms with Crippen LogP contribution >= 0.6 is 0 Å². The van der Waals surface area contributed by atoms with Gasteiger partial charge in [0.25, 0.3) is 5.91 Å². The highest BCUT2D eigenvalue weighted by molar-refractivity contribution is 6.08. The second-order valence-corrected chi connectivity index (χ2v) is 3.81. The van der Waals surface area contributed by atoms with Crippen LogP contribution in [0.3, 0.4) is 0 Å². The van der Waals surface area contributed by atoms with Crippen LogP contribution in [-0.2, 0) is 0 Å². The molecule has 0 saturated carbocycles. The minimum atomic E-state index is -0.362. The van der Waals surface area contributed by atoms with Gasteiger partial charge in [0.1, 0.15) is 5.82 Å². The van der Waals surface area contributed by atoms with Crippen molar-refractivity contribution in [2.75, 3.05) is 16.8 Å². The van der Waals surface area contributed by atoms with E-state index in [0.29, 0.717) is 22.6 Å². The van der Waals surface area contributed by atoms with E-state index in [0.717, 1.165) is 0 Å². The standard InChI is InChI=1S/C13H12FN3O/c14-8-1-4-10(5-2-8)17-13(18)11-6-3-9(15)7-12(11)16/h1-7H,15-16H2,(H,17,18). The molecule has 2 rings (SSSR count). The topological polar surface area (TPSA) is 81.1 Å². The quantitative estimate of drug-likeness (QED) is 0.710. The zero-order valence-electron chi connectivity index (χ0n) is 9.48. The van der Waals surface area contributed by atoms with E-state index in [1.165, 1.54) is 30.3 Å². The maximum Gasteiger partial charge on any atom is 0.257 e. The number of carbonyl (C=O) groups excluding carboxylic acids is 1. The smallest absolute Gasteiger partial charge is 0.257 e. The van der Waals surface area contributed by atoms with Crippen LogP contribution in [0.4, 0.5) is 21.5 Å². The molecular weight excluding hydrogens is 233 g/mol. The van der Waals surface area contributed by atoms with Crippen molar-refractivity contribution in [3.8, 4) is 0 Å². The van der Waals surface area contributed by atoms with Crippen LogP contribution in [0, 0.1) is 5.82 Å². The molecule has 0 aliphatic heterocycles. The first-order chi connectivity index (χ1) is 8.56. The number of amides is 1. The van der Waals surface area contributed by atoms with Gasteiger partial charge in [-0.05, 0) is 42.5 Å². The number of hydrogen-bond acceptors (Lipinski definition) is 3. The molecule has 2 aromatic rings. The van der Waals surface area contributed by atoms with E-state index in [1.807, 2.05) is 0 Å². The Morgan fingerprint density at radius 3 is 2.33 bits per heavy atom. The van der Waals surface area contributed by atoms with Crippen LogP contribution in [0.15, 0.2) is 42.5 Å². The Balaban J connectivity index is 2.19. The van der Waals surface area contributed by atoms with E-state index in [9.17, 15) is 9.18 Å². The third kappa shape index (κ3) is 2.57. The number of nitrogens with two attached hydrogens (primary N) is 2. The van der Waals surface area contributed by atoms with Gasteiger partial charge in [0, 0.05) is 17.1 Å². The van der Waals surface area contributed by atoms with Gasteiger partial charge in [-0.2, -0.15) is 0 Å². The lowest BCUT2D eigenvalue weighted by Crippen LogP contribution is -2.14. The summed E-state index contributed by atoms with van der Waals surface area (Å²) in [6.45, 7) is 0. The van der Waals surface area contributed by atoms with Crippen LogP contribution in [0.2, 0.25) is 0 Å². The van der Waals surface area contributed by atoms with Crippen molar-refractivity contribution < 1.29 is 9.18 Å². The molecular formula is C13H12FN3O. The van der Waals surface area contributed by atoms with E-state index in [2.05, 4.69) is 5.32 Å². The van der Waals surface area contributed by atoms with Crippen LogP contribution in [0.1, 0.15) is 10.4 Å². The maximum absolute atomic E-state index is 12.7. The zero-order valence-corrected chi connectivity index (χ0v) is 9.48. The highest BCUT2D eigenvalue weighted by Crippen LogP contribution is 2.17. The third-order valence-corrected chi connectivity index (χ3v) is 2.42. The summed E-state index contributed by atoms with van der Waals surface area (Å²) in [5.41, 5.74) is 12.9. The molecule has 0 spiro atoms. The largest absolute Gasteiger partial charge is 0.399 e. The van der Waals surface area contributed by atoms with E-state index in [4.69, 9.17) is 11.5 Å². The van der Waals surface area contributed by atoms with Gasteiger partial charge in [-0.15, -0.1) is 0 Å². The Labute approximate surface area is 103 Å². The fourth-order valence-electron chi connectivity index (χ4n) is 1.52. The molecule has 0 bridgehead atoms. The molecule has 0 atom stereocenters. The summed E-state index contributed by atoms with van der Waals surface area (Å²) in [5.74, 6) is -0.723. The molecule has 0 unspecified atom stereocenters. The predicted molar refractivity (Wildman–Crippen MR) is 69.6 cm³/mol. The van der Waals surface area contributed by atoms with E-state index in [-0.39, 0.29) is 11.7 Å². The van der Waals surface area contributed by atoms with Crippen molar-refractivity contribution >= 4 is 23.0 Å². The summed E-state index contributed by atoms with van der Waals surface area (Å²) in [7, 11) is 0. The molecule has 0 aliphatic carbocycles. The van der Waals surface area contributed by atoms with Crippen molar-refractivity contribution in [2.45, 2.75) is 0 Å². The SMILES string of the molecule is Nc1ccc(C(=O)Nc2ccc(F)cc2)c(N)c1. The molecule has 0 saturated heterocycles. The lowest BCUT2D eigenvalue weighted by atomic mass is 10.1. The number of halogens is 1. The van der Waals surface area contributed by atoms with Crippen molar-refractivity contribution in [2.24, 2.45) is 0 Å². The van der Waals surface area contributed by atoms with E-state index < -0.39 is 0 Å². The number of rotatable bonds is 2. The van der Waals surface area contributed by atoms with Crippen LogP contribution in [-0.4, -0.2) is 5.91 Å². The molecule has 92 valence electrons. The van der Waals surface area contributed by atoms with Gasteiger partial charge in [0.15, 0.2) is 0 Å². The normalized spacial score (nSPS) is 10.1. The van der Waals surface area contributed by atoms with E-state index >= 15 is 0 Å². The lowest BCUT2D eigenvalue weighted by Gasteiger charge is -2.08. The van der Waals surface area contributed by atoms with Gasteiger partial charge in [0.2, 0.25) is 0 Å². The average Bonchev–Trinajstić information content (AvgIpc) is 2.32. The Kier molecular flexibility index (Phi) is 3.14. The fraction of sp³-hybridized carbons (Fsp3) is 0. The predicted octanol–water partition coefficient (Wildman–Crippen LogP) is 2.24. The summed E-state index contributed by atoms with van der Waals surface area (Å²) in [6.07, 6.45) is 0. The summed E-state index contributed by atoms with van der Waals surface area (Å²) in [6, 6.07) is 10.1. The molecule has 0 aliphatic rings. The van der Waals surface area contributed by atoms with Crippen molar-refractivity contribution in [3.63, 3.8) is 0 Å². The molecule has 5 heteroatoms. The molecule has 4 nitrogen and oxygen atoms in total. The van der Waals surface area contributed by atoms with Gasteiger partial charge in [0.05, 0.1) is 5.56 Å². The number of anilines is 3. The van der Waals surface area contributed by atoms with Crippen molar-refractivity contribution in [1.29, 1.82) is 0 Å². The summed E-state index contributed by atoms with van der Waals surface area (Å²) >= 11 is 0. The summed E-state index contributed by atoms with van der Waals surface area (Å²) < 4.78 is 12.7. The number of nitrogens with one attached hydrogen (secondary N) is 1. The lowest BCUT2D eigenvalue weighted by molar-refractivity contribution is 0.102. The average molecular weight is 245 g/mol. The number of nitrogen functional groups attached to an aromatic ring is 2.